The molecule has 0 aromatic heterocycles. The molecule has 13 heavy (non-hydrogen) atoms. The van der Waals surface area contributed by atoms with Crippen molar-refractivity contribution in [2.75, 3.05) is 0 Å². The summed E-state index contributed by atoms with van der Waals surface area (Å²) < 4.78 is 0. The minimum absolute atomic E-state index is 0.288. The van der Waals surface area contributed by atoms with E-state index in [1.807, 2.05) is 0 Å². The molecular formula is C11H12OS. The van der Waals surface area contributed by atoms with Crippen LogP contribution in [-0.2, 0) is 4.79 Å². The Morgan fingerprint density at radius 2 is 2.23 bits per heavy atom. The van der Waals surface area contributed by atoms with Gasteiger partial charge in [0.1, 0.15) is 0 Å². The summed E-state index contributed by atoms with van der Waals surface area (Å²) in [5.74, 6) is 0.288. The highest BCUT2D eigenvalue weighted by Crippen LogP contribution is 2.34. The molecule has 1 nitrogen and oxygen atoms in total. The zero-order chi connectivity index (χ0) is 9.10. The fourth-order valence-corrected chi connectivity index (χ4v) is 2.59. The molecule has 2 aliphatic carbocycles. The summed E-state index contributed by atoms with van der Waals surface area (Å²) in [5, 5.41) is 0. The number of rotatable bonds is 2. The monoisotopic (exact) mass is 192 g/mol. The molecule has 0 fully saturated rings. The Morgan fingerprint density at radius 1 is 1.31 bits per heavy atom. The number of thioether (sulfide) groups is 1. The van der Waals surface area contributed by atoms with E-state index in [9.17, 15) is 4.79 Å². The van der Waals surface area contributed by atoms with E-state index >= 15 is 0 Å². The second-order valence-corrected chi connectivity index (χ2v) is 4.48. The van der Waals surface area contributed by atoms with Crippen molar-refractivity contribution in [1.29, 1.82) is 0 Å². The average Bonchev–Trinajstić information content (AvgIpc) is 2.57. The molecule has 2 heteroatoms. The second-order valence-electron chi connectivity index (χ2n) is 3.28. The standard InChI is InChI=1S/C11H12OS/c12-9-4-3-7-11(8-9)13-10-5-1-2-6-10/h1,5-6,8H,2-4,7H2. The normalized spacial score (nSPS) is 21.7. The van der Waals surface area contributed by atoms with E-state index in [0.29, 0.717) is 0 Å². The van der Waals surface area contributed by atoms with Gasteiger partial charge in [0.25, 0.3) is 0 Å². The molecule has 2 aliphatic rings. The molecule has 0 heterocycles. The molecule has 0 saturated heterocycles. The minimum atomic E-state index is 0.288. The van der Waals surface area contributed by atoms with Gasteiger partial charge in [-0.3, -0.25) is 4.79 Å². The highest BCUT2D eigenvalue weighted by molar-refractivity contribution is 8.06. The van der Waals surface area contributed by atoms with Crippen LogP contribution < -0.4 is 0 Å². The maximum absolute atomic E-state index is 11.1. The van der Waals surface area contributed by atoms with Crippen LogP contribution in [-0.4, -0.2) is 5.78 Å². The van der Waals surface area contributed by atoms with Gasteiger partial charge in [-0.2, -0.15) is 0 Å². The summed E-state index contributed by atoms with van der Waals surface area (Å²) in [6.45, 7) is 0. The lowest BCUT2D eigenvalue weighted by atomic mass is 10.1. The number of hydrogen-bond donors (Lipinski definition) is 0. The molecule has 0 saturated carbocycles. The van der Waals surface area contributed by atoms with Crippen molar-refractivity contribution in [2.45, 2.75) is 25.7 Å². The number of carbonyl (C=O) groups excluding carboxylic acids is 1. The molecule has 0 unspecified atom stereocenters. The maximum Gasteiger partial charge on any atom is 0.156 e. The van der Waals surface area contributed by atoms with E-state index in [1.165, 1.54) is 9.81 Å². The zero-order valence-corrected chi connectivity index (χ0v) is 8.27. The summed E-state index contributed by atoms with van der Waals surface area (Å²) in [7, 11) is 0. The summed E-state index contributed by atoms with van der Waals surface area (Å²) in [6.07, 6.45) is 12.2. The van der Waals surface area contributed by atoms with Crippen LogP contribution in [0, 0.1) is 0 Å². The van der Waals surface area contributed by atoms with Gasteiger partial charge in [-0.05, 0) is 30.2 Å². The van der Waals surface area contributed by atoms with Crippen LogP contribution in [0.4, 0.5) is 0 Å². The second kappa shape index (κ2) is 3.97. The lowest BCUT2D eigenvalue weighted by molar-refractivity contribution is -0.114. The molecule has 0 atom stereocenters. The molecule has 0 aromatic rings. The Bertz CT molecular complexity index is 310. The fourth-order valence-electron chi connectivity index (χ4n) is 1.50. The molecule has 0 aromatic carbocycles. The van der Waals surface area contributed by atoms with Crippen molar-refractivity contribution in [3.63, 3.8) is 0 Å². The lowest BCUT2D eigenvalue weighted by Crippen LogP contribution is -2.00. The van der Waals surface area contributed by atoms with Crippen LogP contribution in [0.2, 0.25) is 0 Å². The van der Waals surface area contributed by atoms with Crippen LogP contribution in [0.15, 0.2) is 34.1 Å². The third-order valence-corrected chi connectivity index (χ3v) is 3.28. The molecule has 0 amide bonds. The van der Waals surface area contributed by atoms with E-state index in [0.717, 1.165) is 25.7 Å². The Labute approximate surface area is 82.6 Å². The van der Waals surface area contributed by atoms with Crippen molar-refractivity contribution >= 4 is 17.5 Å². The molecule has 0 spiro atoms. The van der Waals surface area contributed by atoms with Gasteiger partial charge in [0.2, 0.25) is 0 Å². The highest BCUT2D eigenvalue weighted by Gasteiger charge is 2.11. The first-order valence-electron chi connectivity index (χ1n) is 4.62. The number of allylic oxidation sites excluding steroid dienone is 5. The van der Waals surface area contributed by atoms with Crippen LogP contribution in [0.3, 0.4) is 0 Å². The van der Waals surface area contributed by atoms with Gasteiger partial charge in [-0.25, -0.2) is 0 Å². The summed E-state index contributed by atoms with van der Waals surface area (Å²) >= 11 is 1.75. The summed E-state index contributed by atoms with van der Waals surface area (Å²) in [4.78, 5) is 13.6. The van der Waals surface area contributed by atoms with Crippen LogP contribution >= 0.6 is 11.8 Å². The molecule has 68 valence electrons. The van der Waals surface area contributed by atoms with Gasteiger partial charge in [0, 0.05) is 11.3 Å². The first-order valence-corrected chi connectivity index (χ1v) is 5.44. The third-order valence-electron chi connectivity index (χ3n) is 2.15. The largest absolute Gasteiger partial charge is 0.295 e. The minimum Gasteiger partial charge on any atom is -0.295 e. The lowest BCUT2D eigenvalue weighted by Gasteiger charge is -2.10. The molecule has 2 rings (SSSR count). The molecule has 0 N–H and O–H groups in total. The van der Waals surface area contributed by atoms with Crippen molar-refractivity contribution < 1.29 is 4.79 Å². The smallest absolute Gasteiger partial charge is 0.156 e. The van der Waals surface area contributed by atoms with Crippen LogP contribution in [0.5, 0.6) is 0 Å². The third kappa shape index (κ3) is 2.34. The fraction of sp³-hybridized carbons (Fsp3) is 0.364. The average molecular weight is 192 g/mol. The van der Waals surface area contributed by atoms with E-state index < -0.39 is 0 Å². The summed E-state index contributed by atoms with van der Waals surface area (Å²) in [6, 6.07) is 0. The Morgan fingerprint density at radius 3 is 2.92 bits per heavy atom. The van der Waals surface area contributed by atoms with Crippen molar-refractivity contribution in [3.05, 3.63) is 34.1 Å². The Kier molecular flexibility index (Phi) is 2.69. The van der Waals surface area contributed by atoms with Gasteiger partial charge >= 0.3 is 0 Å². The SMILES string of the molecule is O=C1C=C(SC2=CCC=C2)CCC1. The maximum atomic E-state index is 11.1. The zero-order valence-electron chi connectivity index (χ0n) is 7.45. The quantitative estimate of drug-likeness (QED) is 0.668. The topological polar surface area (TPSA) is 17.1 Å². The number of ketones is 1. The Balaban J connectivity index is 2.01. The Hall–Kier alpha value is -0.760. The molecule has 0 radical (unpaired) electrons. The predicted octanol–water partition coefficient (Wildman–Crippen LogP) is 3.20. The molecular weight excluding hydrogens is 180 g/mol. The molecule has 0 aliphatic heterocycles. The molecule has 0 bridgehead atoms. The van der Waals surface area contributed by atoms with Crippen molar-refractivity contribution in [2.24, 2.45) is 0 Å². The van der Waals surface area contributed by atoms with Crippen LogP contribution in [0.1, 0.15) is 25.7 Å². The van der Waals surface area contributed by atoms with Gasteiger partial charge in [-0.1, -0.05) is 30.0 Å². The van der Waals surface area contributed by atoms with Crippen LogP contribution in [0.25, 0.3) is 0 Å². The number of hydrogen-bond acceptors (Lipinski definition) is 2. The van der Waals surface area contributed by atoms with E-state index in [1.54, 1.807) is 17.8 Å². The van der Waals surface area contributed by atoms with E-state index in [-0.39, 0.29) is 5.78 Å². The van der Waals surface area contributed by atoms with E-state index in [4.69, 9.17) is 0 Å². The number of carbonyl (C=O) groups is 1. The van der Waals surface area contributed by atoms with Gasteiger partial charge in [0.05, 0.1) is 0 Å². The van der Waals surface area contributed by atoms with Gasteiger partial charge < -0.3 is 0 Å². The highest BCUT2D eigenvalue weighted by atomic mass is 32.2. The predicted molar refractivity (Wildman–Crippen MR) is 56.4 cm³/mol. The summed E-state index contributed by atoms with van der Waals surface area (Å²) in [5.41, 5.74) is 0. The van der Waals surface area contributed by atoms with Crippen molar-refractivity contribution in [3.8, 4) is 0 Å². The van der Waals surface area contributed by atoms with Gasteiger partial charge in [-0.15, -0.1) is 0 Å². The first-order chi connectivity index (χ1) is 6.34. The van der Waals surface area contributed by atoms with Crippen molar-refractivity contribution in [1.82, 2.24) is 0 Å². The first kappa shape index (κ1) is 8.82. The van der Waals surface area contributed by atoms with Gasteiger partial charge in [0.15, 0.2) is 5.78 Å². The van der Waals surface area contributed by atoms with E-state index in [2.05, 4.69) is 18.2 Å².